The number of pyridine rings is 1. The summed E-state index contributed by atoms with van der Waals surface area (Å²) in [6.07, 6.45) is 1.50. The summed E-state index contributed by atoms with van der Waals surface area (Å²) in [5.74, 6) is 0.966. The van der Waals surface area contributed by atoms with Crippen LogP contribution in [0.2, 0.25) is 0 Å². The van der Waals surface area contributed by atoms with E-state index in [0.29, 0.717) is 23.1 Å². The van der Waals surface area contributed by atoms with E-state index in [1.165, 1.54) is 11.3 Å². The number of nitrogens with one attached hydrogen (secondary N) is 1. The molecule has 0 bridgehead atoms. The molecule has 7 nitrogen and oxygen atoms in total. The van der Waals surface area contributed by atoms with E-state index in [-0.39, 0.29) is 5.92 Å². The molecule has 3 aromatic rings. The predicted octanol–water partition coefficient (Wildman–Crippen LogP) is 3.55. The van der Waals surface area contributed by atoms with Crippen LogP contribution in [-0.2, 0) is 10.0 Å². The zero-order valence-corrected chi connectivity index (χ0v) is 17.1. The first kappa shape index (κ1) is 19.0. The summed E-state index contributed by atoms with van der Waals surface area (Å²) in [6, 6.07) is 14.5. The molecule has 1 aliphatic rings. The van der Waals surface area contributed by atoms with Gasteiger partial charge in [0.25, 0.3) is 0 Å². The average molecular weight is 416 g/mol. The van der Waals surface area contributed by atoms with Crippen LogP contribution < -0.4 is 5.32 Å². The molecule has 0 aliphatic carbocycles. The van der Waals surface area contributed by atoms with Crippen LogP contribution >= 0.6 is 11.3 Å². The van der Waals surface area contributed by atoms with Gasteiger partial charge in [-0.05, 0) is 44.0 Å². The van der Waals surface area contributed by atoms with Crippen molar-refractivity contribution in [2.24, 2.45) is 0 Å². The number of hydrogen-bond acceptors (Lipinski definition) is 7. The van der Waals surface area contributed by atoms with Crippen molar-refractivity contribution in [3.8, 4) is 0 Å². The summed E-state index contributed by atoms with van der Waals surface area (Å²) in [6.45, 7) is 2.90. The van der Waals surface area contributed by atoms with Crippen LogP contribution in [0.15, 0.2) is 53.4 Å². The molecule has 3 heterocycles. The van der Waals surface area contributed by atoms with Gasteiger partial charge in [0, 0.05) is 24.7 Å². The molecule has 1 N–H and O–H groups in total. The van der Waals surface area contributed by atoms with Crippen molar-refractivity contribution in [2.45, 2.75) is 30.6 Å². The van der Waals surface area contributed by atoms with E-state index < -0.39 is 10.0 Å². The Kier molecular flexibility index (Phi) is 5.38. The Morgan fingerprint density at radius 3 is 2.46 bits per heavy atom. The minimum absolute atomic E-state index is 0.236. The van der Waals surface area contributed by atoms with Crippen molar-refractivity contribution in [3.63, 3.8) is 0 Å². The maximum absolute atomic E-state index is 12.8. The number of sulfonamides is 1. The summed E-state index contributed by atoms with van der Waals surface area (Å²) < 4.78 is 27.1. The summed E-state index contributed by atoms with van der Waals surface area (Å²) in [7, 11) is -3.43. The van der Waals surface area contributed by atoms with Gasteiger partial charge in [-0.1, -0.05) is 35.6 Å². The molecule has 1 aromatic carbocycles. The Balaban J connectivity index is 1.43. The average Bonchev–Trinajstić information content (AvgIpc) is 3.13. The lowest BCUT2D eigenvalue weighted by molar-refractivity contribution is 0.317. The Morgan fingerprint density at radius 2 is 1.79 bits per heavy atom. The molecule has 1 saturated heterocycles. The number of aryl methyl sites for hydroxylation is 1. The number of nitrogens with zero attached hydrogens (tertiary/aromatic N) is 4. The van der Waals surface area contributed by atoms with E-state index in [1.807, 2.05) is 31.2 Å². The third-order valence-electron chi connectivity index (χ3n) is 4.78. The highest BCUT2D eigenvalue weighted by Crippen LogP contribution is 2.30. The van der Waals surface area contributed by atoms with E-state index in [0.717, 1.165) is 29.4 Å². The molecular formula is C19H21N5O2S2. The molecule has 0 spiro atoms. The number of aromatic nitrogens is 3. The van der Waals surface area contributed by atoms with Crippen molar-refractivity contribution in [1.29, 1.82) is 0 Å². The zero-order valence-electron chi connectivity index (χ0n) is 15.4. The lowest BCUT2D eigenvalue weighted by Crippen LogP contribution is -2.38. The standard InChI is InChI=1S/C19H21N5O2S2/c1-14-22-23-19(27-14)21-18-9-5-8-17(20-18)15-10-12-24(13-11-15)28(25,26)16-6-3-2-4-7-16/h2-9,15H,10-13H2,1H3,(H,20,21,23). The van der Waals surface area contributed by atoms with Gasteiger partial charge in [0.05, 0.1) is 4.90 Å². The van der Waals surface area contributed by atoms with Gasteiger partial charge in [0.2, 0.25) is 15.2 Å². The van der Waals surface area contributed by atoms with Crippen molar-refractivity contribution >= 4 is 32.3 Å². The van der Waals surface area contributed by atoms with Crippen molar-refractivity contribution in [1.82, 2.24) is 19.5 Å². The van der Waals surface area contributed by atoms with Gasteiger partial charge in [-0.2, -0.15) is 4.31 Å². The molecule has 0 atom stereocenters. The summed E-state index contributed by atoms with van der Waals surface area (Å²) >= 11 is 1.48. The first-order chi connectivity index (χ1) is 13.5. The van der Waals surface area contributed by atoms with Crippen LogP contribution in [0.5, 0.6) is 0 Å². The number of piperidine rings is 1. The van der Waals surface area contributed by atoms with E-state index >= 15 is 0 Å². The van der Waals surface area contributed by atoms with Gasteiger partial charge in [-0.25, -0.2) is 13.4 Å². The maximum atomic E-state index is 12.8. The molecule has 146 valence electrons. The topological polar surface area (TPSA) is 88.1 Å². The number of rotatable bonds is 5. The van der Waals surface area contributed by atoms with Crippen LogP contribution in [0.3, 0.4) is 0 Å². The predicted molar refractivity (Wildman–Crippen MR) is 109 cm³/mol. The first-order valence-electron chi connectivity index (χ1n) is 9.12. The molecule has 0 unspecified atom stereocenters. The smallest absolute Gasteiger partial charge is 0.243 e. The van der Waals surface area contributed by atoms with E-state index in [1.54, 1.807) is 28.6 Å². The van der Waals surface area contributed by atoms with E-state index in [9.17, 15) is 8.42 Å². The highest BCUT2D eigenvalue weighted by molar-refractivity contribution is 7.89. The largest absolute Gasteiger partial charge is 0.315 e. The Hall–Kier alpha value is -2.36. The van der Waals surface area contributed by atoms with Crippen LogP contribution in [0.25, 0.3) is 0 Å². The summed E-state index contributed by atoms with van der Waals surface area (Å²) in [4.78, 5) is 5.06. The van der Waals surface area contributed by atoms with Crippen LogP contribution in [-0.4, -0.2) is 41.0 Å². The van der Waals surface area contributed by atoms with Gasteiger partial charge in [0.1, 0.15) is 10.8 Å². The van der Waals surface area contributed by atoms with Crippen LogP contribution in [0.1, 0.15) is 29.5 Å². The van der Waals surface area contributed by atoms with Gasteiger partial charge in [-0.3, -0.25) is 0 Å². The molecular weight excluding hydrogens is 394 g/mol. The molecule has 4 rings (SSSR count). The number of anilines is 2. The maximum Gasteiger partial charge on any atom is 0.243 e. The molecule has 0 radical (unpaired) electrons. The van der Waals surface area contributed by atoms with Crippen molar-refractivity contribution < 1.29 is 8.42 Å². The fourth-order valence-corrected chi connectivity index (χ4v) is 5.43. The highest BCUT2D eigenvalue weighted by atomic mass is 32.2. The van der Waals surface area contributed by atoms with Gasteiger partial charge < -0.3 is 5.32 Å². The number of hydrogen-bond donors (Lipinski definition) is 1. The second kappa shape index (κ2) is 7.94. The van der Waals surface area contributed by atoms with Crippen molar-refractivity contribution in [2.75, 3.05) is 18.4 Å². The quantitative estimate of drug-likeness (QED) is 0.686. The minimum atomic E-state index is -3.43. The second-order valence-electron chi connectivity index (χ2n) is 6.69. The zero-order chi connectivity index (χ0) is 19.6. The van der Waals surface area contributed by atoms with Crippen molar-refractivity contribution in [3.05, 3.63) is 59.2 Å². The van der Waals surface area contributed by atoms with Crippen LogP contribution in [0, 0.1) is 6.92 Å². The fraction of sp³-hybridized carbons (Fsp3) is 0.316. The van der Waals surface area contributed by atoms with Gasteiger partial charge in [-0.15, -0.1) is 10.2 Å². The summed E-state index contributed by atoms with van der Waals surface area (Å²) in [5.41, 5.74) is 0.975. The molecule has 2 aromatic heterocycles. The summed E-state index contributed by atoms with van der Waals surface area (Å²) in [5, 5.41) is 12.9. The lowest BCUT2D eigenvalue weighted by Gasteiger charge is -2.31. The number of benzene rings is 1. The Bertz CT molecular complexity index is 1040. The highest BCUT2D eigenvalue weighted by Gasteiger charge is 2.30. The molecule has 1 aliphatic heterocycles. The Morgan fingerprint density at radius 1 is 1.04 bits per heavy atom. The van der Waals surface area contributed by atoms with E-state index in [2.05, 4.69) is 15.5 Å². The molecule has 0 amide bonds. The third-order valence-corrected chi connectivity index (χ3v) is 7.45. The lowest BCUT2D eigenvalue weighted by atomic mass is 9.94. The van der Waals surface area contributed by atoms with Gasteiger partial charge in [0.15, 0.2) is 0 Å². The SMILES string of the molecule is Cc1nnc(Nc2cccc(C3CCN(S(=O)(=O)c4ccccc4)CC3)n2)s1. The van der Waals surface area contributed by atoms with Gasteiger partial charge >= 0.3 is 0 Å². The molecule has 28 heavy (non-hydrogen) atoms. The third kappa shape index (κ3) is 4.06. The molecule has 1 fully saturated rings. The normalized spacial score (nSPS) is 16.2. The molecule has 9 heteroatoms. The Labute approximate surface area is 168 Å². The monoisotopic (exact) mass is 415 g/mol. The minimum Gasteiger partial charge on any atom is -0.315 e. The van der Waals surface area contributed by atoms with Crippen LogP contribution in [0.4, 0.5) is 10.9 Å². The van der Waals surface area contributed by atoms with E-state index in [4.69, 9.17) is 4.98 Å². The first-order valence-corrected chi connectivity index (χ1v) is 11.4. The fourth-order valence-electron chi connectivity index (χ4n) is 3.34. The second-order valence-corrected chi connectivity index (χ2v) is 9.81. The molecule has 0 saturated carbocycles.